The first-order valence-corrected chi connectivity index (χ1v) is 5.69. The zero-order valence-corrected chi connectivity index (χ0v) is 9.43. The van der Waals surface area contributed by atoms with E-state index in [1.165, 1.54) is 0 Å². The van der Waals surface area contributed by atoms with Crippen LogP contribution in [-0.2, 0) is 0 Å². The largest absolute Gasteiger partial charge is 0.472 e. The van der Waals surface area contributed by atoms with Crippen LogP contribution in [0.3, 0.4) is 0 Å². The van der Waals surface area contributed by atoms with Crippen LogP contribution in [0.5, 0.6) is 5.75 Å². The number of piperazine rings is 1. The van der Waals surface area contributed by atoms with Crippen LogP contribution in [0.1, 0.15) is 0 Å². The van der Waals surface area contributed by atoms with Gasteiger partial charge in [-0.15, -0.1) is 0 Å². The monoisotopic (exact) mass is 218 g/mol. The lowest BCUT2D eigenvalue weighted by molar-refractivity contribution is 0.0529. The topological polar surface area (TPSA) is 24.5 Å². The van der Waals surface area contributed by atoms with Gasteiger partial charge in [0.25, 0.3) is 0 Å². The number of ether oxygens (including phenoxy) is 1. The number of hydrogen-bond donors (Lipinski definition) is 1. The van der Waals surface area contributed by atoms with E-state index in [-0.39, 0.29) is 6.23 Å². The Morgan fingerprint density at radius 3 is 2.56 bits per heavy atom. The van der Waals surface area contributed by atoms with Gasteiger partial charge in [0.05, 0.1) is 0 Å². The summed E-state index contributed by atoms with van der Waals surface area (Å²) in [4.78, 5) is 2.29. The Balaban J connectivity index is 1.97. The second-order valence-corrected chi connectivity index (χ2v) is 3.84. The van der Waals surface area contributed by atoms with Crippen molar-refractivity contribution < 1.29 is 4.74 Å². The van der Waals surface area contributed by atoms with Crippen molar-refractivity contribution in [2.24, 2.45) is 0 Å². The maximum absolute atomic E-state index is 5.88. The minimum Gasteiger partial charge on any atom is -0.472 e. The van der Waals surface area contributed by atoms with Crippen LogP contribution in [0.25, 0.3) is 0 Å². The third kappa shape index (κ3) is 2.84. The van der Waals surface area contributed by atoms with Crippen molar-refractivity contribution in [3.05, 3.63) is 43.0 Å². The molecule has 86 valence electrons. The van der Waals surface area contributed by atoms with Gasteiger partial charge in [0.2, 0.25) is 0 Å². The van der Waals surface area contributed by atoms with Crippen LogP contribution < -0.4 is 10.1 Å². The Labute approximate surface area is 96.7 Å². The van der Waals surface area contributed by atoms with Crippen LogP contribution in [0.15, 0.2) is 43.0 Å². The number of nitrogens with one attached hydrogen (secondary N) is 1. The van der Waals surface area contributed by atoms with Crippen LogP contribution in [0.4, 0.5) is 0 Å². The third-order valence-corrected chi connectivity index (χ3v) is 2.71. The van der Waals surface area contributed by atoms with E-state index < -0.39 is 0 Å². The molecule has 1 aromatic carbocycles. The Morgan fingerprint density at radius 1 is 1.25 bits per heavy atom. The zero-order valence-electron chi connectivity index (χ0n) is 9.43. The van der Waals surface area contributed by atoms with Crippen molar-refractivity contribution in [3.8, 4) is 5.75 Å². The summed E-state index contributed by atoms with van der Waals surface area (Å²) in [6.45, 7) is 7.89. The quantitative estimate of drug-likeness (QED) is 0.775. The van der Waals surface area contributed by atoms with Crippen molar-refractivity contribution in [1.82, 2.24) is 10.2 Å². The fourth-order valence-electron chi connectivity index (χ4n) is 1.85. The second-order valence-electron chi connectivity index (χ2n) is 3.84. The molecule has 1 aliphatic heterocycles. The highest BCUT2D eigenvalue weighted by Gasteiger charge is 2.18. The molecule has 1 aromatic rings. The molecule has 1 unspecified atom stereocenters. The fourth-order valence-corrected chi connectivity index (χ4v) is 1.85. The Bertz CT molecular complexity index is 320. The predicted octanol–water partition coefficient (Wildman–Crippen LogP) is 1.48. The van der Waals surface area contributed by atoms with Crippen molar-refractivity contribution in [2.45, 2.75) is 6.23 Å². The van der Waals surface area contributed by atoms with E-state index >= 15 is 0 Å². The van der Waals surface area contributed by atoms with E-state index in [9.17, 15) is 0 Å². The molecule has 1 N–H and O–H groups in total. The molecule has 0 radical (unpaired) electrons. The predicted molar refractivity (Wildman–Crippen MR) is 65.5 cm³/mol. The van der Waals surface area contributed by atoms with Gasteiger partial charge in [0.1, 0.15) is 5.75 Å². The minimum absolute atomic E-state index is 0.0236. The summed E-state index contributed by atoms with van der Waals surface area (Å²) in [5.74, 6) is 0.894. The molecule has 1 saturated heterocycles. The van der Waals surface area contributed by atoms with Gasteiger partial charge >= 0.3 is 0 Å². The van der Waals surface area contributed by atoms with Gasteiger partial charge in [-0.2, -0.15) is 0 Å². The number of hydrogen-bond acceptors (Lipinski definition) is 3. The van der Waals surface area contributed by atoms with Crippen LogP contribution in [0.2, 0.25) is 0 Å². The molecule has 0 amide bonds. The van der Waals surface area contributed by atoms with Gasteiger partial charge in [-0.05, 0) is 18.2 Å². The van der Waals surface area contributed by atoms with Crippen LogP contribution in [-0.4, -0.2) is 37.3 Å². The van der Waals surface area contributed by atoms with Crippen molar-refractivity contribution in [3.63, 3.8) is 0 Å². The van der Waals surface area contributed by atoms with E-state index in [2.05, 4.69) is 16.8 Å². The first-order chi connectivity index (χ1) is 7.90. The van der Waals surface area contributed by atoms with Crippen LogP contribution >= 0.6 is 0 Å². The normalized spacial score (nSPS) is 19.0. The first-order valence-electron chi connectivity index (χ1n) is 5.69. The summed E-state index contributed by atoms with van der Waals surface area (Å²) in [7, 11) is 0. The highest BCUT2D eigenvalue weighted by Crippen LogP contribution is 2.13. The highest BCUT2D eigenvalue weighted by atomic mass is 16.5. The lowest BCUT2D eigenvalue weighted by Gasteiger charge is -2.33. The molecule has 0 saturated carbocycles. The lowest BCUT2D eigenvalue weighted by atomic mass is 10.3. The first kappa shape index (κ1) is 11.2. The molecule has 0 aliphatic carbocycles. The molecule has 1 fully saturated rings. The molecule has 3 heteroatoms. The Kier molecular flexibility index (Phi) is 3.97. The maximum Gasteiger partial charge on any atom is 0.171 e. The third-order valence-electron chi connectivity index (χ3n) is 2.71. The summed E-state index contributed by atoms with van der Waals surface area (Å²) in [6, 6.07) is 9.89. The summed E-state index contributed by atoms with van der Waals surface area (Å²) in [5.41, 5.74) is 0. The lowest BCUT2D eigenvalue weighted by Crippen LogP contribution is -2.49. The standard InChI is InChI=1S/C13H18N2O/c1-2-13(15-10-8-14-9-11-15)16-12-6-4-3-5-7-12/h2-7,13-14H,1,8-11H2. The van der Waals surface area contributed by atoms with Gasteiger partial charge in [-0.3, -0.25) is 4.90 Å². The molecule has 16 heavy (non-hydrogen) atoms. The van der Waals surface area contributed by atoms with Crippen molar-refractivity contribution >= 4 is 0 Å². The number of rotatable bonds is 4. The van der Waals surface area contributed by atoms with E-state index in [4.69, 9.17) is 4.74 Å². The second kappa shape index (κ2) is 5.68. The smallest absolute Gasteiger partial charge is 0.171 e. The van der Waals surface area contributed by atoms with Gasteiger partial charge < -0.3 is 10.1 Å². The number of nitrogens with zero attached hydrogens (tertiary/aromatic N) is 1. The Hall–Kier alpha value is -1.32. The SMILES string of the molecule is C=CC(Oc1ccccc1)N1CCNCC1. The molecule has 3 nitrogen and oxygen atoms in total. The molecular formula is C13H18N2O. The summed E-state index contributed by atoms with van der Waals surface area (Å²) in [6.07, 6.45) is 1.84. The molecule has 1 heterocycles. The molecular weight excluding hydrogens is 200 g/mol. The average Bonchev–Trinajstić information content (AvgIpc) is 2.38. The van der Waals surface area contributed by atoms with Gasteiger partial charge in [0, 0.05) is 26.2 Å². The summed E-state index contributed by atoms with van der Waals surface area (Å²) >= 11 is 0. The summed E-state index contributed by atoms with van der Waals surface area (Å²) in [5, 5.41) is 3.33. The molecule has 2 rings (SSSR count). The van der Waals surface area contributed by atoms with E-state index in [1.54, 1.807) is 0 Å². The van der Waals surface area contributed by atoms with E-state index in [0.717, 1.165) is 31.9 Å². The molecule has 1 atom stereocenters. The molecule has 0 spiro atoms. The molecule has 0 aromatic heterocycles. The fraction of sp³-hybridized carbons (Fsp3) is 0.385. The van der Waals surface area contributed by atoms with Crippen LogP contribution in [0, 0.1) is 0 Å². The number of para-hydroxylation sites is 1. The van der Waals surface area contributed by atoms with E-state index in [0.29, 0.717) is 0 Å². The highest BCUT2D eigenvalue weighted by molar-refractivity contribution is 5.21. The molecule has 0 bridgehead atoms. The van der Waals surface area contributed by atoms with E-state index in [1.807, 2.05) is 36.4 Å². The number of benzene rings is 1. The van der Waals surface area contributed by atoms with Crippen molar-refractivity contribution in [1.29, 1.82) is 0 Å². The van der Waals surface area contributed by atoms with Gasteiger partial charge in [-0.25, -0.2) is 0 Å². The average molecular weight is 218 g/mol. The minimum atomic E-state index is -0.0236. The van der Waals surface area contributed by atoms with Gasteiger partial charge in [0.15, 0.2) is 6.23 Å². The zero-order chi connectivity index (χ0) is 11.2. The Morgan fingerprint density at radius 2 is 1.94 bits per heavy atom. The summed E-state index contributed by atoms with van der Waals surface area (Å²) < 4.78 is 5.88. The van der Waals surface area contributed by atoms with Crippen molar-refractivity contribution in [2.75, 3.05) is 26.2 Å². The maximum atomic E-state index is 5.88. The molecule has 1 aliphatic rings. The van der Waals surface area contributed by atoms with Gasteiger partial charge in [-0.1, -0.05) is 24.8 Å².